The van der Waals surface area contributed by atoms with Gasteiger partial charge in [-0.25, -0.2) is 0 Å². The maximum Gasteiger partial charge on any atom is 0.115 e. The highest BCUT2D eigenvalue weighted by Gasteiger charge is 2.56. The molecule has 2 atom stereocenters. The third-order valence-electron chi connectivity index (χ3n) is 7.55. The lowest BCUT2D eigenvalue weighted by molar-refractivity contribution is 0.0429. The van der Waals surface area contributed by atoms with E-state index in [1.165, 1.54) is 82.3 Å². The average molecular weight is 338 g/mol. The van der Waals surface area contributed by atoms with Gasteiger partial charge in [0.25, 0.3) is 0 Å². The fourth-order valence-electron chi connectivity index (χ4n) is 6.42. The molecular weight excluding hydrogens is 308 g/mol. The van der Waals surface area contributed by atoms with E-state index in [9.17, 15) is 5.11 Å². The number of aliphatic imine (C=N–C) groups is 1. The number of amidine groups is 1. The Bertz CT molecular complexity index is 653. The van der Waals surface area contributed by atoms with E-state index in [0.29, 0.717) is 11.7 Å². The Morgan fingerprint density at radius 1 is 0.960 bits per heavy atom. The quantitative estimate of drug-likeness (QED) is 0.805. The van der Waals surface area contributed by atoms with Crippen LogP contribution >= 0.6 is 0 Å². The number of nitrogens with zero attached hydrogens (tertiary/aromatic N) is 2. The van der Waals surface area contributed by atoms with Crippen molar-refractivity contribution in [2.75, 3.05) is 13.1 Å². The first-order valence-corrected chi connectivity index (χ1v) is 10.4. The Morgan fingerprint density at radius 3 is 2.40 bits per heavy atom. The van der Waals surface area contributed by atoms with E-state index in [-0.39, 0.29) is 5.54 Å². The number of benzene rings is 1. The molecule has 0 amide bonds. The van der Waals surface area contributed by atoms with E-state index >= 15 is 0 Å². The van der Waals surface area contributed by atoms with E-state index in [1.54, 1.807) is 0 Å². The minimum atomic E-state index is 0.144. The first-order valence-electron chi connectivity index (χ1n) is 10.4. The molecule has 3 heteroatoms. The number of phenolic OH excluding ortho intramolecular Hbond substituents is 1. The van der Waals surface area contributed by atoms with Gasteiger partial charge >= 0.3 is 0 Å². The standard InChI is InChI=1S/C22H30N2O/c25-19-10-6-17(7-11-19)21-16-4-8-18(9-5-16)22(21)13-12-20(23-22)24-14-2-1-3-15-24/h6-7,10-11,16,18,21,25H,1-5,8-9,12-15H2. The summed E-state index contributed by atoms with van der Waals surface area (Å²) in [6.45, 7) is 2.43. The van der Waals surface area contributed by atoms with Crippen molar-refractivity contribution in [3.05, 3.63) is 29.8 Å². The number of rotatable bonds is 1. The van der Waals surface area contributed by atoms with Crippen molar-refractivity contribution >= 4 is 5.84 Å². The molecule has 5 aliphatic rings. The first-order chi connectivity index (χ1) is 12.3. The second kappa shape index (κ2) is 6.03. The Hall–Kier alpha value is -1.51. The smallest absolute Gasteiger partial charge is 0.115 e. The number of aromatic hydroxyl groups is 1. The van der Waals surface area contributed by atoms with Gasteiger partial charge in [0, 0.05) is 25.4 Å². The van der Waals surface area contributed by atoms with Crippen molar-refractivity contribution in [1.29, 1.82) is 0 Å². The van der Waals surface area contributed by atoms with Crippen LogP contribution in [0.15, 0.2) is 29.3 Å². The molecule has 0 radical (unpaired) electrons. The van der Waals surface area contributed by atoms with Gasteiger partial charge in [-0.1, -0.05) is 12.1 Å². The Morgan fingerprint density at radius 2 is 1.68 bits per heavy atom. The van der Waals surface area contributed by atoms with Crippen molar-refractivity contribution in [2.45, 2.75) is 69.2 Å². The highest BCUT2D eigenvalue weighted by molar-refractivity contribution is 5.85. The zero-order valence-corrected chi connectivity index (χ0v) is 15.2. The predicted molar refractivity (Wildman–Crippen MR) is 101 cm³/mol. The van der Waals surface area contributed by atoms with Crippen LogP contribution in [0.4, 0.5) is 0 Å². The van der Waals surface area contributed by atoms with Crippen molar-refractivity contribution in [3.63, 3.8) is 0 Å². The molecule has 4 fully saturated rings. The molecule has 134 valence electrons. The van der Waals surface area contributed by atoms with E-state index in [0.717, 1.165) is 11.8 Å². The molecule has 1 N–H and O–H groups in total. The summed E-state index contributed by atoms with van der Waals surface area (Å²) in [5, 5.41) is 9.72. The zero-order chi connectivity index (χ0) is 16.9. The monoisotopic (exact) mass is 338 g/mol. The Kier molecular flexibility index (Phi) is 3.79. The number of hydrogen-bond donors (Lipinski definition) is 1. The SMILES string of the molecule is Oc1ccc(C2C3CCC(CC3)C23CCC(N2CCCCC2)=N3)cc1. The summed E-state index contributed by atoms with van der Waals surface area (Å²) in [4.78, 5) is 8.14. The molecule has 3 nitrogen and oxygen atoms in total. The predicted octanol–water partition coefficient (Wildman–Crippen LogP) is 4.71. The van der Waals surface area contributed by atoms with Crippen molar-refractivity contribution in [1.82, 2.24) is 4.90 Å². The molecule has 2 unspecified atom stereocenters. The number of likely N-dealkylation sites (tertiary alicyclic amines) is 1. The Labute approximate surface area is 151 Å². The fraction of sp³-hybridized carbons (Fsp3) is 0.682. The summed E-state index contributed by atoms with van der Waals surface area (Å²) in [5.41, 5.74) is 1.56. The second-order valence-electron chi connectivity index (χ2n) is 8.75. The van der Waals surface area contributed by atoms with Crippen LogP contribution in [0, 0.1) is 11.8 Å². The number of hydrogen-bond acceptors (Lipinski definition) is 3. The number of phenols is 1. The maximum absolute atomic E-state index is 9.72. The normalized spacial score (nSPS) is 37.5. The lowest BCUT2D eigenvalue weighted by atomic mass is 9.52. The van der Waals surface area contributed by atoms with Crippen LogP contribution in [0.1, 0.15) is 69.3 Å². The van der Waals surface area contributed by atoms with Crippen LogP contribution in [0.3, 0.4) is 0 Å². The van der Waals surface area contributed by atoms with Gasteiger partial charge in [0.05, 0.1) is 11.4 Å². The van der Waals surface area contributed by atoms with Gasteiger partial charge in [0.2, 0.25) is 0 Å². The van der Waals surface area contributed by atoms with Crippen LogP contribution < -0.4 is 0 Å². The molecular formula is C22H30N2O. The first kappa shape index (κ1) is 15.7. The molecule has 1 spiro atoms. The Balaban J connectivity index is 1.52. The highest BCUT2D eigenvalue weighted by atomic mass is 16.3. The largest absolute Gasteiger partial charge is 0.508 e. The summed E-state index contributed by atoms with van der Waals surface area (Å²) in [6.07, 6.45) is 11.9. The van der Waals surface area contributed by atoms with Crippen molar-refractivity contribution < 1.29 is 5.11 Å². The summed E-state index contributed by atoms with van der Waals surface area (Å²) in [7, 11) is 0. The van der Waals surface area contributed by atoms with E-state index in [2.05, 4.69) is 17.0 Å². The van der Waals surface area contributed by atoms with E-state index in [4.69, 9.17) is 4.99 Å². The summed E-state index contributed by atoms with van der Waals surface area (Å²) < 4.78 is 0. The van der Waals surface area contributed by atoms with Gasteiger partial charge < -0.3 is 10.0 Å². The molecule has 2 aliphatic heterocycles. The molecule has 1 saturated heterocycles. The van der Waals surface area contributed by atoms with Crippen LogP contribution in [0.2, 0.25) is 0 Å². The lowest BCUT2D eigenvalue weighted by Crippen LogP contribution is -2.51. The third-order valence-corrected chi connectivity index (χ3v) is 7.55. The van der Waals surface area contributed by atoms with Gasteiger partial charge in [-0.05, 0) is 80.9 Å². The van der Waals surface area contributed by atoms with Crippen molar-refractivity contribution in [2.24, 2.45) is 16.8 Å². The highest BCUT2D eigenvalue weighted by Crippen LogP contribution is 2.60. The van der Waals surface area contributed by atoms with Gasteiger partial charge in [-0.2, -0.15) is 0 Å². The minimum absolute atomic E-state index is 0.144. The number of piperidine rings is 1. The maximum atomic E-state index is 9.72. The van der Waals surface area contributed by atoms with Crippen LogP contribution in [0.5, 0.6) is 5.75 Å². The van der Waals surface area contributed by atoms with Gasteiger partial charge in [0.15, 0.2) is 0 Å². The summed E-state index contributed by atoms with van der Waals surface area (Å²) in [5.74, 6) is 3.89. The van der Waals surface area contributed by atoms with Crippen LogP contribution in [-0.2, 0) is 0 Å². The van der Waals surface area contributed by atoms with Crippen LogP contribution in [0.25, 0.3) is 0 Å². The fourth-order valence-corrected chi connectivity index (χ4v) is 6.42. The molecule has 2 heterocycles. The molecule has 1 aromatic rings. The molecule has 0 aromatic heterocycles. The minimum Gasteiger partial charge on any atom is -0.508 e. The molecule has 25 heavy (non-hydrogen) atoms. The summed E-state index contributed by atoms with van der Waals surface area (Å²) >= 11 is 0. The van der Waals surface area contributed by atoms with Gasteiger partial charge in [-0.15, -0.1) is 0 Å². The van der Waals surface area contributed by atoms with Gasteiger partial charge in [-0.3, -0.25) is 4.99 Å². The summed E-state index contributed by atoms with van der Waals surface area (Å²) in [6, 6.07) is 8.07. The second-order valence-corrected chi connectivity index (χ2v) is 8.75. The van der Waals surface area contributed by atoms with Crippen molar-refractivity contribution in [3.8, 4) is 5.75 Å². The lowest BCUT2D eigenvalue weighted by Gasteiger charge is -2.54. The van der Waals surface area contributed by atoms with Crippen LogP contribution in [-0.4, -0.2) is 34.5 Å². The van der Waals surface area contributed by atoms with E-state index in [1.807, 2.05) is 12.1 Å². The van der Waals surface area contributed by atoms with E-state index < -0.39 is 0 Å². The molecule has 3 aliphatic carbocycles. The molecule has 1 aromatic carbocycles. The topological polar surface area (TPSA) is 35.8 Å². The molecule has 2 bridgehead atoms. The molecule has 6 rings (SSSR count). The third kappa shape index (κ3) is 2.50. The number of fused-ring (bicyclic) bond motifs is 2. The average Bonchev–Trinajstić information content (AvgIpc) is 3.10. The van der Waals surface area contributed by atoms with Gasteiger partial charge in [0.1, 0.15) is 5.75 Å². The zero-order valence-electron chi connectivity index (χ0n) is 15.2. The molecule has 3 saturated carbocycles.